The number of aliphatic hydroxyl groups is 4. The van der Waals surface area contributed by atoms with Crippen molar-refractivity contribution >= 4 is 18.1 Å². The van der Waals surface area contributed by atoms with E-state index in [1.54, 1.807) is 42.5 Å². The van der Waals surface area contributed by atoms with Gasteiger partial charge in [0, 0.05) is 6.08 Å². The summed E-state index contributed by atoms with van der Waals surface area (Å²) in [6.45, 7) is -0.605. The SMILES string of the molecule is COc1cc(/C=C/COC(=O)/C=C/c2ccc(O)cc2)cc(OC)c1O[C@@H]1O[C@H](CO)[C@@H](O)[C@H](O)[C@H]1O. The highest BCUT2D eigenvalue weighted by Gasteiger charge is 2.45. The van der Waals surface area contributed by atoms with Crippen LogP contribution in [0, 0.1) is 0 Å². The van der Waals surface area contributed by atoms with Crippen LogP contribution in [0.3, 0.4) is 0 Å². The van der Waals surface area contributed by atoms with E-state index < -0.39 is 43.3 Å². The minimum absolute atomic E-state index is 0.00744. The molecule has 2 aromatic rings. The predicted molar refractivity (Wildman–Crippen MR) is 131 cm³/mol. The highest BCUT2D eigenvalue weighted by molar-refractivity contribution is 5.87. The van der Waals surface area contributed by atoms with E-state index >= 15 is 0 Å². The number of ether oxygens (including phenoxy) is 5. The molecule has 5 atom stereocenters. The van der Waals surface area contributed by atoms with Gasteiger partial charge in [0.05, 0.1) is 20.8 Å². The van der Waals surface area contributed by atoms with Gasteiger partial charge in [-0.25, -0.2) is 4.79 Å². The van der Waals surface area contributed by atoms with Crippen molar-refractivity contribution in [3.05, 3.63) is 59.7 Å². The molecule has 0 amide bonds. The molecule has 5 N–H and O–H groups in total. The molecule has 0 spiro atoms. The maximum atomic E-state index is 11.9. The first-order valence-corrected chi connectivity index (χ1v) is 11.3. The molecule has 0 saturated carbocycles. The fourth-order valence-electron chi connectivity index (χ4n) is 3.51. The summed E-state index contributed by atoms with van der Waals surface area (Å²) in [5.41, 5.74) is 1.35. The molecule has 0 bridgehead atoms. The topological polar surface area (TPSA) is 164 Å². The monoisotopic (exact) mass is 518 g/mol. The summed E-state index contributed by atoms with van der Waals surface area (Å²) in [4.78, 5) is 11.9. The number of carbonyl (C=O) groups excluding carboxylic acids is 1. The molecular formula is C26H30O11. The number of aliphatic hydroxyl groups excluding tert-OH is 4. The molecule has 1 aliphatic heterocycles. The van der Waals surface area contributed by atoms with Gasteiger partial charge in [0.25, 0.3) is 0 Å². The molecular weight excluding hydrogens is 488 g/mol. The Balaban J connectivity index is 1.65. The Hall–Kier alpha value is -3.61. The lowest BCUT2D eigenvalue weighted by Crippen LogP contribution is -2.60. The van der Waals surface area contributed by atoms with Gasteiger partial charge in [-0.1, -0.05) is 18.2 Å². The summed E-state index contributed by atoms with van der Waals surface area (Å²) in [6.07, 6.45) is -1.17. The highest BCUT2D eigenvalue weighted by atomic mass is 16.7. The largest absolute Gasteiger partial charge is 0.508 e. The summed E-state index contributed by atoms with van der Waals surface area (Å²) in [6, 6.07) is 9.54. The van der Waals surface area contributed by atoms with Crippen molar-refractivity contribution in [2.24, 2.45) is 0 Å². The fraction of sp³-hybridized carbons (Fsp3) is 0.346. The molecule has 11 heteroatoms. The van der Waals surface area contributed by atoms with E-state index in [9.17, 15) is 30.3 Å². The van der Waals surface area contributed by atoms with Crippen LogP contribution >= 0.6 is 0 Å². The third-order valence-electron chi connectivity index (χ3n) is 5.50. The zero-order valence-electron chi connectivity index (χ0n) is 20.3. The first-order chi connectivity index (χ1) is 17.8. The molecule has 0 unspecified atom stereocenters. The van der Waals surface area contributed by atoms with Gasteiger partial charge < -0.3 is 49.2 Å². The van der Waals surface area contributed by atoms with Gasteiger partial charge in [0.1, 0.15) is 36.8 Å². The molecule has 3 rings (SSSR count). The lowest BCUT2D eigenvalue weighted by Gasteiger charge is -2.39. The van der Waals surface area contributed by atoms with Crippen molar-refractivity contribution in [3.63, 3.8) is 0 Å². The van der Waals surface area contributed by atoms with Crippen molar-refractivity contribution in [1.82, 2.24) is 0 Å². The van der Waals surface area contributed by atoms with Crippen molar-refractivity contribution < 1.29 is 54.0 Å². The molecule has 37 heavy (non-hydrogen) atoms. The number of aromatic hydroxyl groups is 1. The highest BCUT2D eigenvalue weighted by Crippen LogP contribution is 2.40. The smallest absolute Gasteiger partial charge is 0.331 e. The van der Waals surface area contributed by atoms with Crippen LogP contribution in [0.25, 0.3) is 12.2 Å². The first-order valence-electron chi connectivity index (χ1n) is 11.3. The Bertz CT molecular complexity index is 1070. The Morgan fingerprint density at radius 1 is 0.946 bits per heavy atom. The summed E-state index contributed by atoms with van der Waals surface area (Å²) in [5, 5.41) is 48.9. The number of phenolic OH excluding ortho intramolecular Hbond substituents is 1. The number of hydrogen-bond donors (Lipinski definition) is 5. The Kier molecular flexibility index (Phi) is 9.89. The van der Waals surface area contributed by atoms with Crippen LogP contribution < -0.4 is 14.2 Å². The molecule has 2 aromatic carbocycles. The first kappa shape index (κ1) is 28.0. The van der Waals surface area contributed by atoms with Gasteiger partial charge in [0.2, 0.25) is 12.0 Å². The Morgan fingerprint density at radius 2 is 1.59 bits per heavy atom. The second-order valence-corrected chi connectivity index (χ2v) is 8.03. The van der Waals surface area contributed by atoms with E-state index in [1.807, 2.05) is 0 Å². The van der Waals surface area contributed by atoms with E-state index in [2.05, 4.69) is 0 Å². The standard InChI is InChI=1S/C26H30O11/c1-33-18-12-16(4-3-11-35-21(29)10-7-15-5-8-17(28)9-6-15)13-19(34-2)25(18)37-26-24(32)23(31)22(30)20(14-27)36-26/h3-10,12-13,20,22-24,26-28,30-32H,11,14H2,1-2H3/b4-3+,10-7+/t20-,22-,23+,24-,26+/m1/s1. The number of esters is 1. The van der Waals surface area contributed by atoms with Crippen LogP contribution in [0.4, 0.5) is 0 Å². The second kappa shape index (κ2) is 13.1. The van der Waals surface area contributed by atoms with Crippen LogP contribution in [0.15, 0.2) is 48.6 Å². The maximum absolute atomic E-state index is 11.9. The fourth-order valence-corrected chi connectivity index (χ4v) is 3.51. The van der Waals surface area contributed by atoms with Crippen molar-refractivity contribution in [2.45, 2.75) is 30.7 Å². The molecule has 1 saturated heterocycles. The molecule has 1 heterocycles. The second-order valence-electron chi connectivity index (χ2n) is 8.03. The third kappa shape index (κ3) is 7.21. The Morgan fingerprint density at radius 3 is 2.19 bits per heavy atom. The van der Waals surface area contributed by atoms with Gasteiger partial charge in [-0.3, -0.25) is 0 Å². The quantitative estimate of drug-likeness (QED) is 0.224. The van der Waals surface area contributed by atoms with E-state index in [0.29, 0.717) is 5.56 Å². The number of benzene rings is 2. The molecule has 200 valence electrons. The lowest BCUT2D eigenvalue weighted by molar-refractivity contribution is -0.277. The average molecular weight is 519 g/mol. The third-order valence-corrected chi connectivity index (χ3v) is 5.50. The van der Waals surface area contributed by atoms with Crippen LogP contribution in [0.5, 0.6) is 23.0 Å². The van der Waals surface area contributed by atoms with E-state index in [-0.39, 0.29) is 29.6 Å². The van der Waals surface area contributed by atoms with Gasteiger partial charge in [0.15, 0.2) is 11.5 Å². The number of rotatable bonds is 10. The normalized spacial score (nSPS) is 23.8. The summed E-state index contributed by atoms with van der Waals surface area (Å²) in [5.74, 6) is 0.0783. The van der Waals surface area contributed by atoms with Crippen LogP contribution in [-0.2, 0) is 14.3 Å². The van der Waals surface area contributed by atoms with Crippen LogP contribution in [-0.4, -0.2) is 89.6 Å². The zero-order chi connectivity index (χ0) is 26.9. The molecule has 11 nitrogen and oxygen atoms in total. The van der Waals surface area contributed by atoms with Gasteiger partial charge in [-0.15, -0.1) is 0 Å². The van der Waals surface area contributed by atoms with Crippen LogP contribution in [0.2, 0.25) is 0 Å². The summed E-state index contributed by atoms with van der Waals surface area (Å²) in [7, 11) is 2.79. The van der Waals surface area contributed by atoms with Crippen molar-refractivity contribution in [1.29, 1.82) is 0 Å². The zero-order valence-corrected chi connectivity index (χ0v) is 20.3. The number of methoxy groups -OCH3 is 2. The van der Waals surface area contributed by atoms with Gasteiger partial charge in [-0.05, 0) is 47.5 Å². The number of carbonyl (C=O) groups is 1. The van der Waals surface area contributed by atoms with E-state index in [1.165, 1.54) is 32.4 Å². The molecule has 1 fully saturated rings. The molecule has 1 aliphatic rings. The Labute approximate surface area is 213 Å². The van der Waals surface area contributed by atoms with Crippen LogP contribution in [0.1, 0.15) is 11.1 Å². The number of hydrogen-bond acceptors (Lipinski definition) is 11. The van der Waals surface area contributed by atoms with Crippen molar-refractivity contribution in [2.75, 3.05) is 27.4 Å². The van der Waals surface area contributed by atoms with Gasteiger partial charge in [-0.2, -0.15) is 0 Å². The number of phenols is 1. The van der Waals surface area contributed by atoms with Gasteiger partial charge >= 0.3 is 5.97 Å². The summed E-state index contributed by atoms with van der Waals surface area (Å²) >= 11 is 0. The molecule has 0 radical (unpaired) electrons. The lowest BCUT2D eigenvalue weighted by atomic mass is 9.99. The average Bonchev–Trinajstić information content (AvgIpc) is 2.91. The predicted octanol–water partition coefficient (Wildman–Crippen LogP) is 0.858. The van der Waals surface area contributed by atoms with E-state index in [0.717, 1.165) is 5.56 Å². The van der Waals surface area contributed by atoms with Crippen molar-refractivity contribution in [3.8, 4) is 23.0 Å². The minimum atomic E-state index is -1.61. The summed E-state index contributed by atoms with van der Waals surface area (Å²) < 4.78 is 27.0. The maximum Gasteiger partial charge on any atom is 0.331 e. The molecule has 0 aliphatic carbocycles. The minimum Gasteiger partial charge on any atom is -0.508 e. The molecule has 0 aromatic heterocycles. The van der Waals surface area contributed by atoms with E-state index in [4.69, 9.17) is 23.7 Å².